The van der Waals surface area contributed by atoms with Gasteiger partial charge in [-0.05, 0) is 84.2 Å². The van der Waals surface area contributed by atoms with E-state index >= 15 is 0 Å². The smallest absolute Gasteiger partial charge is 0.255 e. The Morgan fingerprint density at radius 1 is 1.18 bits per heavy atom. The average Bonchev–Trinajstić information content (AvgIpc) is 3.61. The third-order valence-corrected chi connectivity index (χ3v) is 8.61. The minimum atomic E-state index is -0.114. The molecule has 2 aromatic carbocycles. The van der Waals surface area contributed by atoms with Crippen LogP contribution in [0.4, 0.5) is 5.00 Å². The number of carbonyl (C=O) groups excluding carboxylic acids is 1. The van der Waals surface area contributed by atoms with Gasteiger partial charge in [-0.3, -0.25) is 4.79 Å². The molecule has 4 aromatic rings. The van der Waals surface area contributed by atoms with Gasteiger partial charge >= 0.3 is 0 Å². The second-order valence-corrected chi connectivity index (χ2v) is 12.2. The van der Waals surface area contributed by atoms with Gasteiger partial charge in [0.05, 0.1) is 30.0 Å². The number of fused-ring (bicyclic) bond motifs is 1. The second-order valence-electron chi connectivity index (χ2n) is 11.1. The van der Waals surface area contributed by atoms with Crippen LogP contribution in [0.2, 0.25) is 0 Å². The first kappa shape index (κ1) is 27.4. The number of nitriles is 1. The SMILES string of the molecule is CC(C)(C)[C@@H]1CCc2c(sc(N=Cc3ccc(OCc4ccccc4C#N)cc3)c2C(=O)NCc2ccco2)C1. The molecule has 1 N–H and O–H groups in total. The van der Waals surface area contributed by atoms with Gasteiger partial charge in [-0.1, -0.05) is 39.0 Å². The highest BCUT2D eigenvalue weighted by atomic mass is 32.1. The van der Waals surface area contributed by atoms with Crippen molar-refractivity contribution >= 4 is 28.5 Å². The molecule has 0 unspecified atom stereocenters. The molecule has 204 valence electrons. The number of nitrogens with zero attached hydrogens (tertiary/aromatic N) is 2. The molecule has 2 heterocycles. The molecule has 0 saturated carbocycles. The quantitative estimate of drug-likeness (QED) is 0.228. The van der Waals surface area contributed by atoms with Gasteiger partial charge in [0, 0.05) is 16.7 Å². The van der Waals surface area contributed by atoms with E-state index < -0.39 is 0 Å². The summed E-state index contributed by atoms with van der Waals surface area (Å²) in [6.07, 6.45) is 6.33. The predicted octanol–water partition coefficient (Wildman–Crippen LogP) is 7.62. The molecule has 2 aromatic heterocycles. The molecule has 1 amide bonds. The summed E-state index contributed by atoms with van der Waals surface area (Å²) in [6, 6.07) is 21.0. The van der Waals surface area contributed by atoms with Gasteiger partial charge in [0.2, 0.25) is 0 Å². The lowest BCUT2D eigenvalue weighted by molar-refractivity contribution is 0.0947. The van der Waals surface area contributed by atoms with Crippen molar-refractivity contribution in [3.05, 3.63) is 105 Å². The molecule has 1 aliphatic rings. The Morgan fingerprint density at radius 3 is 2.70 bits per heavy atom. The van der Waals surface area contributed by atoms with Crippen molar-refractivity contribution in [1.29, 1.82) is 5.26 Å². The lowest BCUT2D eigenvalue weighted by atomic mass is 9.72. The Morgan fingerprint density at radius 2 is 1.98 bits per heavy atom. The first-order valence-corrected chi connectivity index (χ1v) is 14.3. The maximum absolute atomic E-state index is 13.4. The van der Waals surface area contributed by atoms with Gasteiger partial charge in [0.1, 0.15) is 23.1 Å². The molecule has 0 radical (unpaired) electrons. The Bertz CT molecular complexity index is 1540. The Kier molecular flexibility index (Phi) is 8.18. The number of hydrogen-bond donors (Lipinski definition) is 1. The minimum Gasteiger partial charge on any atom is -0.489 e. The van der Waals surface area contributed by atoms with Crippen LogP contribution in [0.25, 0.3) is 0 Å². The third kappa shape index (κ3) is 6.35. The highest BCUT2D eigenvalue weighted by Gasteiger charge is 2.33. The van der Waals surface area contributed by atoms with E-state index in [2.05, 4.69) is 32.2 Å². The number of hydrogen-bond acceptors (Lipinski definition) is 6. The first-order valence-electron chi connectivity index (χ1n) is 13.5. The average molecular weight is 552 g/mol. The number of rotatable bonds is 8. The molecule has 0 spiro atoms. The Hall–Kier alpha value is -4.15. The number of aliphatic imine (C=N–C) groups is 1. The molecule has 7 heteroatoms. The van der Waals surface area contributed by atoms with E-state index in [4.69, 9.17) is 14.1 Å². The van der Waals surface area contributed by atoms with Crippen LogP contribution in [0.1, 0.15) is 70.4 Å². The normalized spacial score (nSPS) is 15.0. The molecule has 5 rings (SSSR count). The summed E-state index contributed by atoms with van der Waals surface area (Å²) >= 11 is 1.63. The largest absolute Gasteiger partial charge is 0.489 e. The van der Waals surface area contributed by atoms with Gasteiger partial charge < -0.3 is 14.5 Å². The van der Waals surface area contributed by atoms with Crippen molar-refractivity contribution < 1.29 is 13.9 Å². The van der Waals surface area contributed by atoms with E-state index in [9.17, 15) is 10.1 Å². The summed E-state index contributed by atoms with van der Waals surface area (Å²) in [6.45, 7) is 7.54. The molecule has 1 atom stereocenters. The van der Waals surface area contributed by atoms with E-state index in [1.54, 1.807) is 29.9 Å². The topological polar surface area (TPSA) is 87.6 Å². The molecule has 0 fully saturated rings. The van der Waals surface area contributed by atoms with Crippen LogP contribution in [-0.2, 0) is 26.0 Å². The van der Waals surface area contributed by atoms with E-state index in [1.165, 1.54) is 4.88 Å². The van der Waals surface area contributed by atoms with Crippen LogP contribution in [0.3, 0.4) is 0 Å². The number of furan rings is 1. The van der Waals surface area contributed by atoms with Crippen molar-refractivity contribution in [2.45, 2.75) is 53.2 Å². The van der Waals surface area contributed by atoms with Gasteiger partial charge in [-0.2, -0.15) is 5.26 Å². The Labute approximate surface area is 239 Å². The van der Waals surface area contributed by atoms with Crippen molar-refractivity contribution in [2.24, 2.45) is 16.3 Å². The second kappa shape index (κ2) is 11.9. The van der Waals surface area contributed by atoms with Crippen molar-refractivity contribution in [3.63, 3.8) is 0 Å². The maximum Gasteiger partial charge on any atom is 0.255 e. The fourth-order valence-corrected chi connectivity index (χ4v) is 6.27. The number of ether oxygens (including phenoxy) is 1. The summed E-state index contributed by atoms with van der Waals surface area (Å²) in [5, 5.41) is 13.1. The van der Waals surface area contributed by atoms with Crippen LogP contribution < -0.4 is 10.1 Å². The van der Waals surface area contributed by atoms with Crippen molar-refractivity contribution in [2.75, 3.05) is 0 Å². The highest BCUT2D eigenvalue weighted by Crippen LogP contribution is 2.45. The van der Waals surface area contributed by atoms with Crippen LogP contribution in [0, 0.1) is 22.7 Å². The standard InChI is InChI=1S/C33H33N3O3S/c1-33(2,3)25-12-15-28-29(17-25)40-32(30(28)31(37)35-20-27-9-6-16-38-27)36-19-22-10-13-26(14-11-22)39-21-24-8-5-4-7-23(24)18-34/h4-11,13-14,16,19,25H,12,15,17,20-21H2,1-3H3,(H,35,37)/t25-/m1/s1. The minimum absolute atomic E-state index is 0.114. The van der Waals surface area contributed by atoms with Gasteiger partial charge in [0.25, 0.3) is 5.91 Å². The number of carbonyl (C=O) groups is 1. The first-order chi connectivity index (χ1) is 19.3. The number of nitrogens with one attached hydrogen (secondary N) is 1. The number of thiophene rings is 1. The summed E-state index contributed by atoms with van der Waals surface area (Å²) < 4.78 is 11.3. The summed E-state index contributed by atoms with van der Waals surface area (Å²) in [7, 11) is 0. The lowest BCUT2D eigenvalue weighted by Crippen LogP contribution is -2.28. The predicted molar refractivity (Wildman–Crippen MR) is 158 cm³/mol. The zero-order valence-electron chi connectivity index (χ0n) is 23.1. The van der Waals surface area contributed by atoms with Crippen LogP contribution in [-0.4, -0.2) is 12.1 Å². The third-order valence-electron chi connectivity index (χ3n) is 7.44. The van der Waals surface area contributed by atoms with Gasteiger partial charge in [-0.25, -0.2) is 4.99 Å². The fraction of sp³-hybridized carbons (Fsp3) is 0.303. The molecular formula is C33H33N3O3S. The highest BCUT2D eigenvalue weighted by molar-refractivity contribution is 7.16. The summed E-state index contributed by atoms with van der Waals surface area (Å²) in [5.74, 6) is 1.88. The molecule has 0 saturated heterocycles. The van der Waals surface area contributed by atoms with Crippen molar-refractivity contribution in [3.8, 4) is 11.8 Å². The van der Waals surface area contributed by atoms with E-state index in [0.29, 0.717) is 41.7 Å². The van der Waals surface area contributed by atoms with Crippen LogP contribution >= 0.6 is 11.3 Å². The Balaban J connectivity index is 1.33. The molecular weight excluding hydrogens is 518 g/mol. The van der Waals surface area contributed by atoms with Gasteiger partial charge in [0.15, 0.2) is 0 Å². The number of amides is 1. The summed E-state index contributed by atoms with van der Waals surface area (Å²) in [4.78, 5) is 19.5. The number of benzene rings is 2. The fourth-order valence-electron chi connectivity index (χ4n) is 5.00. The molecule has 0 bridgehead atoms. The van der Waals surface area contributed by atoms with E-state index in [0.717, 1.165) is 41.0 Å². The monoisotopic (exact) mass is 551 g/mol. The van der Waals surface area contributed by atoms with E-state index in [1.807, 2.05) is 54.6 Å². The van der Waals surface area contributed by atoms with Crippen LogP contribution in [0.5, 0.6) is 5.75 Å². The summed E-state index contributed by atoms with van der Waals surface area (Å²) in [5.41, 5.74) is 4.41. The molecule has 0 aliphatic heterocycles. The van der Waals surface area contributed by atoms with Crippen LogP contribution in [0.15, 0.2) is 76.3 Å². The molecule has 6 nitrogen and oxygen atoms in total. The molecule has 40 heavy (non-hydrogen) atoms. The maximum atomic E-state index is 13.4. The lowest BCUT2D eigenvalue weighted by Gasteiger charge is -2.33. The zero-order valence-corrected chi connectivity index (χ0v) is 23.9. The molecule has 1 aliphatic carbocycles. The zero-order chi connectivity index (χ0) is 28.1. The van der Waals surface area contributed by atoms with Gasteiger partial charge in [-0.15, -0.1) is 11.3 Å². The van der Waals surface area contributed by atoms with E-state index in [-0.39, 0.29) is 11.3 Å². The van der Waals surface area contributed by atoms with Crippen molar-refractivity contribution in [1.82, 2.24) is 5.32 Å².